The molecule has 0 unspecified atom stereocenters. The van der Waals surface area contributed by atoms with Crippen molar-refractivity contribution in [2.45, 2.75) is 19.0 Å². The molecule has 40 heavy (non-hydrogen) atoms. The lowest BCUT2D eigenvalue weighted by Gasteiger charge is -2.37. The van der Waals surface area contributed by atoms with E-state index in [0.717, 1.165) is 16.3 Å². The Kier molecular flexibility index (Phi) is 5.42. The van der Waals surface area contributed by atoms with Gasteiger partial charge in [-0.25, -0.2) is 4.90 Å². The summed E-state index contributed by atoms with van der Waals surface area (Å²) in [6.45, 7) is 1.31. The summed E-state index contributed by atoms with van der Waals surface area (Å²) in [6.07, 6.45) is 3.75. The summed E-state index contributed by atoms with van der Waals surface area (Å²) in [4.78, 5) is 57.6. The first-order chi connectivity index (χ1) is 19.4. The number of imide groups is 1. The molecule has 7 rings (SSSR count). The number of hydrogen-bond acceptors (Lipinski definition) is 6. The molecule has 4 aromatic carbocycles. The number of ether oxygens (including phenoxy) is 1. The summed E-state index contributed by atoms with van der Waals surface area (Å²) in [7, 11) is 0. The smallest absolute Gasteiger partial charge is 0.308 e. The first-order valence-corrected chi connectivity index (χ1v) is 13.2. The summed E-state index contributed by atoms with van der Waals surface area (Å²) >= 11 is 0. The van der Waals surface area contributed by atoms with Crippen LogP contribution in [0.3, 0.4) is 0 Å². The molecule has 4 atom stereocenters. The fourth-order valence-corrected chi connectivity index (χ4v) is 6.46. The summed E-state index contributed by atoms with van der Waals surface area (Å²) < 4.78 is 5.56. The SMILES string of the molecule is CC(=O)Oc1cccc2c1N1[C@H](C=C2)[C@H]2C(=O)N(c3ccc4ccccc4c3)C(=O)[C@H]2[C@H]1C(=O)c1ccccc1. The summed E-state index contributed by atoms with van der Waals surface area (Å²) in [5.41, 5.74) is 2.21. The minimum atomic E-state index is -0.972. The van der Waals surface area contributed by atoms with Crippen molar-refractivity contribution < 1.29 is 23.9 Å². The van der Waals surface area contributed by atoms with Gasteiger partial charge in [0.15, 0.2) is 11.5 Å². The number of rotatable bonds is 4. The molecule has 0 spiro atoms. The standard InChI is InChI=1S/C33H24N2O5/c1-19(36)40-26-13-7-12-21-15-17-25-27-28(30(35(25)29(21)26)31(37)22-9-3-2-4-10-22)33(39)34(32(27)38)24-16-14-20-8-5-6-11-23(20)18-24/h2-18,25,27-28,30H,1H3/t25-,27-,28-,30+/m1/s1. The number of carbonyl (C=O) groups excluding carboxylic acids is 4. The van der Waals surface area contributed by atoms with Crippen molar-refractivity contribution >= 4 is 51.8 Å². The third-order valence-electron chi connectivity index (χ3n) is 8.06. The average Bonchev–Trinajstić information content (AvgIpc) is 3.44. The van der Waals surface area contributed by atoms with E-state index in [-0.39, 0.29) is 17.4 Å². The molecule has 0 N–H and O–H groups in total. The van der Waals surface area contributed by atoms with Crippen molar-refractivity contribution in [3.63, 3.8) is 0 Å². The number of anilines is 2. The van der Waals surface area contributed by atoms with Crippen LogP contribution in [-0.2, 0) is 14.4 Å². The van der Waals surface area contributed by atoms with Gasteiger partial charge in [-0.15, -0.1) is 0 Å². The van der Waals surface area contributed by atoms with E-state index in [1.165, 1.54) is 11.8 Å². The maximum Gasteiger partial charge on any atom is 0.308 e. The molecule has 2 saturated heterocycles. The van der Waals surface area contributed by atoms with Crippen molar-refractivity contribution in [3.05, 3.63) is 108 Å². The predicted molar refractivity (Wildman–Crippen MR) is 151 cm³/mol. The second kappa shape index (κ2) is 9.02. The predicted octanol–water partition coefficient (Wildman–Crippen LogP) is 5.04. The van der Waals surface area contributed by atoms with Gasteiger partial charge in [0.25, 0.3) is 0 Å². The number of benzene rings is 4. The van der Waals surface area contributed by atoms with Crippen molar-refractivity contribution in [2.24, 2.45) is 11.8 Å². The average molecular weight is 529 g/mol. The monoisotopic (exact) mass is 528 g/mol. The largest absolute Gasteiger partial charge is 0.424 e. The van der Waals surface area contributed by atoms with Gasteiger partial charge >= 0.3 is 5.97 Å². The molecule has 7 heteroatoms. The third kappa shape index (κ3) is 3.51. The van der Waals surface area contributed by atoms with E-state index in [4.69, 9.17) is 4.74 Å². The number of hydrogen-bond donors (Lipinski definition) is 0. The van der Waals surface area contributed by atoms with Gasteiger partial charge in [0, 0.05) is 18.1 Å². The fraction of sp³-hybridized carbons (Fsp3) is 0.152. The van der Waals surface area contributed by atoms with Crippen LogP contribution in [0.5, 0.6) is 5.75 Å². The highest BCUT2D eigenvalue weighted by Gasteiger charge is 2.64. The second-order valence-electron chi connectivity index (χ2n) is 10.3. The quantitative estimate of drug-likeness (QED) is 0.160. The molecule has 0 aliphatic carbocycles. The van der Waals surface area contributed by atoms with Crippen LogP contribution in [0.1, 0.15) is 22.8 Å². The summed E-state index contributed by atoms with van der Waals surface area (Å²) in [5, 5.41) is 1.91. The highest BCUT2D eigenvalue weighted by molar-refractivity contribution is 6.26. The summed E-state index contributed by atoms with van der Waals surface area (Å²) in [6, 6.07) is 25.8. The van der Waals surface area contributed by atoms with Gasteiger partial charge in [-0.3, -0.25) is 19.2 Å². The van der Waals surface area contributed by atoms with E-state index in [9.17, 15) is 19.2 Å². The highest BCUT2D eigenvalue weighted by atomic mass is 16.5. The van der Waals surface area contributed by atoms with Crippen molar-refractivity contribution in [3.8, 4) is 5.75 Å². The third-order valence-corrected chi connectivity index (χ3v) is 8.06. The fourth-order valence-electron chi connectivity index (χ4n) is 6.46. The molecule has 196 valence electrons. The Balaban J connectivity index is 1.38. The van der Waals surface area contributed by atoms with Crippen LogP contribution in [-0.4, -0.2) is 35.7 Å². The van der Waals surface area contributed by atoms with Crippen LogP contribution in [0, 0.1) is 11.8 Å². The van der Waals surface area contributed by atoms with Gasteiger partial charge in [-0.2, -0.15) is 0 Å². The Morgan fingerprint density at radius 2 is 1.50 bits per heavy atom. The van der Waals surface area contributed by atoms with Crippen LogP contribution in [0.25, 0.3) is 16.8 Å². The van der Waals surface area contributed by atoms with E-state index in [0.29, 0.717) is 16.9 Å². The number of fused-ring (bicyclic) bond motifs is 6. The molecule has 3 aliphatic rings. The number of amides is 2. The van der Waals surface area contributed by atoms with Crippen molar-refractivity contribution in [2.75, 3.05) is 9.80 Å². The zero-order chi connectivity index (χ0) is 27.5. The van der Waals surface area contributed by atoms with Crippen LogP contribution in [0.2, 0.25) is 0 Å². The number of carbonyl (C=O) groups is 4. The van der Waals surface area contributed by atoms with Gasteiger partial charge in [0.05, 0.1) is 29.3 Å². The number of nitrogens with zero attached hydrogens (tertiary/aromatic N) is 2. The van der Waals surface area contributed by atoms with E-state index in [2.05, 4.69) is 0 Å². The Morgan fingerprint density at radius 3 is 2.27 bits per heavy atom. The topological polar surface area (TPSA) is 84.0 Å². The molecule has 4 aromatic rings. The van der Waals surface area contributed by atoms with Crippen LogP contribution in [0.15, 0.2) is 97.1 Å². The van der Waals surface area contributed by atoms with E-state index in [1.54, 1.807) is 42.5 Å². The molecule has 3 heterocycles. The number of ketones is 1. The lowest BCUT2D eigenvalue weighted by atomic mass is 9.86. The van der Waals surface area contributed by atoms with Crippen LogP contribution >= 0.6 is 0 Å². The van der Waals surface area contributed by atoms with Crippen molar-refractivity contribution in [1.29, 1.82) is 0 Å². The maximum atomic E-state index is 14.2. The minimum absolute atomic E-state index is 0.265. The first kappa shape index (κ1) is 24.0. The van der Waals surface area contributed by atoms with Gasteiger partial charge in [-0.05, 0) is 29.0 Å². The van der Waals surface area contributed by atoms with Crippen LogP contribution < -0.4 is 14.5 Å². The minimum Gasteiger partial charge on any atom is -0.424 e. The number of Topliss-reactive ketones (excluding diaryl/α,β-unsaturated/α-hetero) is 1. The zero-order valence-electron chi connectivity index (χ0n) is 21.6. The van der Waals surface area contributed by atoms with E-state index in [1.807, 2.05) is 65.6 Å². The molecule has 2 fully saturated rings. The zero-order valence-corrected chi connectivity index (χ0v) is 21.6. The molecule has 2 amide bonds. The molecular formula is C33H24N2O5. The van der Waals surface area contributed by atoms with Gasteiger partial charge in [-0.1, -0.05) is 84.9 Å². The highest BCUT2D eigenvalue weighted by Crippen LogP contribution is 2.52. The Morgan fingerprint density at radius 1 is 0.775 bits per heavy atom. The Hall–Kier alpha value is -5.04. The molecule has 3 aliphatic heterocycles. The number of para-hydroxylation sites is 1. The molecule has 7 nitrogen and oxygen atoms in total. The Labute approximate surface area is 230 Å². The van der Waals surface area contributed by atoms with E-state index < -0.39 is 35.8 Å². The maximum absolute atomic E-state index is 14.2. The lowest BCUT2D eigenvalue weighted by molar-refractivity contribution is -0.132. The second-order valence-corrected chi connectivity index (χ2v) is 10.3. The van der Waals surface area contributed by atoms with Gasteiger partial charge in [0.1, 0.15) is 6.04 Å². The van der Waals surface area contributed by atoms with Crippen LogP contribution in [0.4, 0.5) is 11.4 Å². The summed E-state index contributed by atoms with van der Waals surface area (Å²) in [5.74, 6) is -2.94. The lowest BCUT2D eigenvalue weighted by Crippen LogP contribution is -2.49. The van der Waals surface area contributed by atoms with Crippen molar-refractivity contribution in [1.82, 2.24) is 0 Å². The molecule has 0 radical (unpaired) electrons. The first-order valence-electron chi connectivity index (χ1n) is 13.2. The van der Waals surface area contributed by atoms with E-state index >= 15 is 0 Å². The molecular weight excluding hydrogens is 504 g/mol. The molecule has 0 aromatic heterocycles. The normalized spacial score (nSPS) is 22.7. The van der Waals surface area contributed by atoms with Gasteiger partial charge in [0.2, 0.25) is 11.8 Å². The van der Waals surface area contributed by atoms with Gasteiger partial charge < -0.3 is 9.64 Å². The molecule has 0 saturated carbocycles. The molecule has 0 bridgehead atoms. The number of esters is 1. The Bertz CT molecular complexity index is 1760.